The largest absolute Gasteiger partial charge is 0.396 e. The first-order valence-corrected chi connectivity index (χ1v) is 6.43. The predicted octanol–water partition coefficient (Wildman–Crippen LogP) is 0.945. The lowest BCUT2D eigenvalue weighted by Crippen LogP contribution is -2.24. The Morgan fingerprint density at radius 2 is 1.76 bits per heavy atom. The Hall–Kier alpha value is -0.200. The fourth-order valence-electron chi connectivity index (χ4n) is 1.57. The molecular formula is C12H24O5. The molecule has 0 saturated carbocycles. The molecule has 0 aromatic heterocycles. The zero-order valence-corrected chi connectivity index (χ0v) is 10.4. The number of rotatable bonds is 10. The zero-order valence-electron chi connectivity index (χ0n) is 10.4. The molecule has 5 nitrogen and oxygen atoms in total. The van der Waals surface area contributed by atoms with Crippen LogP contribution in [0, 0.1) is 0 Å². The van der Waals surface area contributed by atoms with Crippen LogP contribution in [0.3, 0.4) is 0 Å². The number of aliphatic hydroxyl groups is 1. The molecule has 0 aliphatic carbocycles. The fourth-order valence-corrected chi connectivity index (χ4v) is 1.57. The average Bonchev–Trinajstić information content (AvgIpc) is 2.38. The van der Waals surface area contributed by atoms with Crippen molar-refractivity contribution in [3.63, 3.8) is 0 Å². The third-order valence-corrected chi connectivity index (χ3v) is 2.49. The fraction of sp³-hybridized carbons (Fsp3) is 1.00. The molecule has 0 aromatic rings. The lowest BCUT2D eigenvalue weighted by atomic mass is 10.2. The summed E-state index contributed by atoms with van der Waals surface area (Å²) in [5.74, 6) is 0. The first-order valence-electron chi connectivity index (χ1n) is 6.43. The Balaban J connectivity index is 1.75. The molecule has 0 radical (unpaired) electrons. The number of ether oxygens (including phenoxy) is 4. The normalized spacial score (nSPS) is 20.6. The van der Waals surface area contributed by atoms with Gasteiger partial charge in [-0.3, -0.25) is 0 Å². The van der Waals surface area contributed by atoms with Gasteiger partial charge in [-0.2, -0.15) is 0 Å². The van der Waals surface area contributed by atoms with Crippen molar-refractivity contribution >= 4 is 0 Å². The molecular weight excluding hydrogens is 224 g/mol. The van der Waals surface area contributed by atoms with Crippen molar-refractivity contribution in [1.82, 2.24) is 0 Å². The van der Waals surface area contributed by atoms with Crippen LogP contribution in [0.1, 0.15) is 25.7 Å². The van der Waals surface area contributed by atoms with Gasteiger partial charge in [-0.15, -0.1) is 0 Å². The van der Waals surface area contributed by atoms with Gasteiger partial charge in [0.1, 0.15) is 0 Å². The molecule has 5 heteroatoms. The van der Waals surface area contributed by atoms with Crippen molar-refractivity contribution in [2.24, 2.45) is 0 Å². The summed E-state index contributed by atoms with van der Waals surface area (Å²) in [5, 5.41) is 8.52. The lowest BCUT2D eigenvalue weighted by molar-refractivity contribution is -0.169. The van der Waals surface area contributed by atoms with E-state index in [4.69, 9.17) is 24.1 Å². The molecule has 1 fully saturated rings. The van der Waals surface area contributed by atoms with Crippen LogP contribution < -0.4 is 0 Å². The Kier molecular flexibility index (Phi) is 9.55. The highest BCUT2D eigenvalue weighted by molar-refractivity contribution is 4.53. The summed E-state index contributed by atoms with van der Waals surface area (Å²) < 4.78 is 21.5. The second kappa shape index (κ2) is 10.9. The van der Waals surface area contributed by atoms with E-state index in [0.717, 1.165) is 19.4 Å². The van der Waals surface area contributed by atoms with Crippen LogP contribution in [0.25, 0.3) is 0 Å². The van der Waals surface area contributed by atoms with Crippen LogP contribution >= 0.6 is 0 Å². The van der Waals surface area contributed by atoms with Gasteiger partial charge in [0.15, 0.2) is 6.29 Å². The SMILES string of the molecule is OCCCOCCOCCO[C@H]1CCCCO1. The molecule has 0 spiro atoms. The minimum atomic E-state index is -0.0341. The van der Waals surface area contributed by atoms with E-state index in [9.17, 15) is 0 Å². The Labute approximate surface area is 103 Å². The second-order valence-corrected chi connectivity index (χ2v) is 3.97. The molecule has 17 heavy (non-hydrogen) atoms. The Morgan fingerprint density at radius 3 is 2.47 bits per heavy atom. The van der Waals surface area contributed by atoms with E-state index in [-0.39, 0.29) is 12.9 Å². The third-order valence-electron chi connectivity index (χ3n) is 2.49. The summed E-state index contributed by atoms with van der Waals surface area (Å²) in [6.45, 7) is 3.86. The molecule has 0 amide bonds. The van der Waals surface area contributed by atoms with Gasteiger partial charge in [-0.1, -0.05) is 0 Å². The highest BCUT2D eigenvalue weighted by Crippen LogP contribution is 2.13. The first kappa shape index (κ1) is 14.9. The molecule has 1 aliphatic heterocycles. The van der Waals surface area contributed by atoms with Gasteiger partial charge in [0.2, 0.25) is 0 Å². The minimum Gasteiger partial charge on any atom is -0.396 e. The first-order chi connectivity index (χ1) is 8.43. The van der Waals surface area contributed by atoms with Crippen molar-refractivity contribution < 1.29 is 24.1 Å². The average molecular weight is 248 g/mol. The van der Waals surface area contributed by atoms with Crippen molar-refractivity contribution in [2.75, 3.05) is 46.2 Å². The molecule has 102 valence electrons. The van der Waals surface area contributed by atoms with Crippen molar-refractivity contribution in [3.05, 3.63) is 0 Å². The van der Waals surface area contributed by atoms with Crippen molar-refractivity contribution in [3.8, 4) is 0 Å². The molecule has 1 heterocycles. The number of aliphatic hydroxyl groups excluding tert-OH is 1. The van der Waals surface area contributed by atoms with Gasteiger partial charge in [-0.25, -0.2) is 0 Å². The van der Waals surface area contributed by atoms with Crippen molar-refractivity contribution in [2.45, 2.75) is 32.0 Å². The number of hydrogen-bond acceptors (Lipinski definition) is 5. The van der Waals surface area contributed by atoms with Crippen LogP contribution in [0.15, 0.2) is 0 Å². The summed E-state index contributed by atoms with van der Waals surface area (Å²) in [5.41, 5.74) is 0. The van der Waals surface area contributed by atoms with E-state index in [1.54, 1.807) is 0 Å². The van der Waals surface area contributed by atoms with E-state index < -0.39 is 0 Å². The smallest absolute Gasteiger partial charge is 0.157 e. The second-order valence-electron chi connectivity index (χ2n) is 3.97. The van der Waals surface area contributed by atoms with Crippen LogP contribution in [0.2, 0.25) is 0 Å². The summed E-state index contributed by atoms with van der Waals surface area (Å²) in [4.78, 5) is 0. The van der Waals surface area contributed by atoms with E-state index >= 15 is 0 Å². The lowest BCUT2D eigenvalue weighted by Gasteiger charge is -2.22. The van der Waals surface area contributed by atoms with Gasteiger partial charge < -0.3 is 24.1 Å². The topological polar surface area (TPSA) is 57.2 Å². The molecule has 1 rings (SSSR count). The molecule has 1 N–H and O–H groups in total. The highest BCUT2D eigenvalue weighted by Gasteiger charge is 2.13. The van der Waals surface area contributed by atoms with E-state index in [0.29, 0.717) is 39.5 Å². The molecule has 0 aromatic carbocycles. The van der Waals surface area contributed by atoms with Gasteiger partial charge in [-0.05, 0) is 25.7 Å². The maximum atomic E-state index is 8.52. The Bertz CT molecular complexity index is 159. The molecule has 1 aliphatic rings. The minimum absolute atomic E-state index is 0.0341. The third kappa shape index (κ3) is 8.51. The molecule has 1 saturated heterocycles. The molecule has 0 unspecified atom stereocenters. The van der Waals surface area contributed by atoms with Crippen LogP contribution in [-0.2, 0) is 18.9 Å². The summed E-state index contributed by atoms with van der Waals surface area (Å²) >= 11 is 0. The van der Waals surface area contributed by atoms with E-state index in [1.165, 1.54) is 6.42 Å². The van der Waals surface area contributed by atoms with Gasteiger partial charge in [0, 0.05) is 19.8 Å². The summed E-state index contributed by atoms with van der Waals surface area (Å²) in [6, 6.07) is 0. The standard InChI is InChI=1S/C12H24O5/c13-5-3-6-14-8-9-15-10-11-17-12-4-1-2-7-16-12/h12-13H,1-11H2/t12-/m0/s1. The summed E-state index contributed by atoms with van der Waals surface area (Å²) in [7, 11) is 0. The van der Waals surface area contributed by atoms with Crippen LogP contribution in [0.5, 0.6) is 0 Å². The summed E-state index contributed by atoms with van der Waals surface area (Å²) in [6.07, 6.45) is 3.96. The van der Waals surface area contributed by atoms with Gasteiger partial charge >= 0.3 is 0 Å². The van der Waals surface area contributed by atoms with Gasteiger partial charge in [0.05, 0.1) is 26.4 Å². The van der Waals surface area contributed by atoms with E-state index in [2.05, 4.69) is 0 Å². The zero-order chi connectivity index (χ0) is 12.2. The van der Waals surface area contributed by atoms with Crippen LogP contribution in [0.4, 0.5) is 0 Å². The monoisotopic (exact) mass is 248 g/mol. The van der Waals surface area contributed by atoms with Gasteiger partial charge in [0.25, 0.3) is 0 Å². The predicted molar refractivity (Wildman–Crippen MR) is 62.9 cm³/mol. The molecule has 0 bridgehead atoms. The number of hydrogen-bond donors (Lipinski definition) is 1. The maximum absolute atomic E-state index is 8.52. The maximum Gasteiger partial charge on any atom is 0.157 e. The highest BCUT2D eigenvalue weighted by atomic mass is 16.7. The Morgan fingerprint density at radius 1 is 1.00 bits per heavy atom. The van der Waals surface area contributed by atoms with E-state index in [1.807, 2.05) is 0 Å². The quantitative estimate of drug-likeness (QED) is 0.583. The molecule has 1 atom stereocenters. The van der Waals surface area contributed by atoms with Crippen molar-refractivity contribution in [1.29, 1.82) is 0 Å². The van der Waals surface area contributed by atoms with Crippen LogP contribution in [-0.4, -0.2) is 57.6 Å².